The maximum absolute atomic E-state index is 11.3. The number of carbonyl (C=O) groups excluding carboxylic acids is 1. The second-order valence-corrected chi connectivity index (χ2v) is 3.65. The Morgan fingerprint density at radius 3 is 3.07 bits per heavy atom. The summed E-state index contributed by atoms with van der Waals surface area (Å²) in [4.78, 5) is 16.2. The standard InChI is InChI=1S/C9H8N2O2S/c1-5-3-6-4-10-14-8(6)11-7(5)9(12)13-2/h3-4H,1-2H3. The summed E-state index contributed by atoms with van der Waals surface area (Å²) in [5, 5.41) is 0.958. The zero-order valence-corrected chi connectivity index (χ0v) is 8.59. The molecule has 0 aromatic carbocycles. The van der Waals surface area contributed by atoms with Crippen LogP contribution in [-0.2, 0) is 4.74 Å². The Labute approximate surface area is 84.7 Å². The molecule has 0 saturated heterocycles. The molecule has 0 aliphatic heterocycles. The molecule has 0 aliphatic rings. The molecule has 4 nitrogen and oxygen atoms in total. The van der Waals surface area contributed by atoms with Gasteiger partial charge in [-0.25, -0.2) is 9.78 Å². The normalized spacial score (nSPS) is 10.4. The van der Waals surface area contributed by atoms with Crippen LogP contribution in [0.3, 0.4) is 0 Å². The largest absolute Gasteiger partial charge is 0.464 e. The molecule has 2 aromatic heterocycles. The summed E-state index contributed by atoms with van der Waals surface area (Å²) in [5.41, 5.74) is 1.17. The van der Waals surface area contributed by atoms with Crippen LogP contribution in [0.25, 0.3) is 10.2 Å². The quantitative estimate of drug-likeness (QED) is 0.670. The Balaban J connectivity index is 2.64. The molecule has 0 saturated carbocycles. The lowest BCUT2D eigenvalue weighted by atomic mass is 10.2. The summed E-state index contributed by atoms with van der Waals surface area (Å²) < 4.78 is 8.62. The fraction of sp³-hybridized carbons (Fsp3) is 0.222. The average molecular weight is 208 g/mol. The number of hydrogen-bond donors (Lipinski definition) is 0. The summed E-state index contributed by atoms with van der Waals surface area (Å²) in [5.74, 6) is -0.405. The van der Waals surface area contributed by atoms with Crippen molar-refractivity contribution in [2.45, 2.75) is 6.92 Å². The first-order valence-electron chi connectivity index (χ1n) is 4.02. The molecule has 0 unspecified atom stereocenters. The first-order chi connectivity index (χ1) is 6.72. The molecule has 0 fully saturated rings. The predicted molar refractivity (Wildman–Crippen MR) is 53.5 cm³/mol. The number of pyridine rings is 1. The van der Waals surface area contributed by atoms with Gasteiger partial charge < -0.3 is 4.74 Å². The van der Waals surface area contributed by atoms with E-state index in [-0.39, 0.29) is 0 Å². The van der Waals surface area contributed by atoms with E-state index in [4.69, 9.17) is 0 Å². The molecule has 5 heteroatoms. The fourth-order valence-corrected chi connectivity index (χ4v) is 1.83. The minimum Gasteiger partial charge on any atom is -0.464 e. The van der Waals surface area contributed by atoms with Crippen molar-refractivity contribution in [1.82, 2.24) is 9.36 Å². The second kappa shape index (κ2) is 3.34. The summed E-state index contributed by atoms with van der Waals surface area (Å²) in [6.07, 6.45) is 1.74. The Bertz CT molecular complexity index is 493. The molecule has 0 N–H and O–H groups in total. The number of hydrogen-bond acceptors (Lipinski definition) is 5. The van der Waals surface area contributed by atoms with Crippen molar-refractivity contribution in [2.75, 3.05) is 7.11 Å². The molecule has 2 aromatic rings. The number of carbonyl (C=O) groups is 1. The lowest BCUT2D eigenvalue weighted by Crippen LogP contribution is -2.06. The molecule has 0 atom stereocenters. The van der Waals surface area contributed by atoms with Gasteiger partial charge in [-0.2, -0.15) is 4.37 Å². The maximum atomic E-state index is 11.3. The van der Waals surface area contributed by atoms with E-state index >= 15 is 0 Å². The van der Waals surface area contributed by atoms with Crippen LogP contribution in [0.2, 0.25) is 0 Å². The molecular weight excluding hydrogens is 200 g/mol. The van der Waals surface area contributed by atoms with Crippen molar-refractivity contribution in [3.05, 3.63) is 23.5 Å². The number of esters is 1. The molecule has 14 heavy (non-hydrogen) atoms. The maximum Gasteiger partial charge on any atom is 0.356 e. The van der Waals surface area contributed by atoms with E-state index in [1.165, 1.54) is 18.6 Å². The smallest absolute Gasteiger partial charge is 0.356 e. The summed E-state index contributed by atoms with van der Waals surface area (Å²) in [6, 6.07) is 1.89. The van der Waals surface area contributed by atoms with Gasteiger partial charge in [0.25, 0.3) is 0 Å². The van der Waals surface area contributed by atoms with E-state index in [0.717, 1.165) is 15.8 Å². The zero-order chi connectivity index (χ0) is 10.1. The third-order valence-electron chi connectivity index (χ3n) is 1.92. The van der Waals surface area contributed by atoms with Gasteiger partial charge in [-0.05, 0) is 30.1 Å². The van der Waals surface area contributed by atoms with Crippen molar-refractivity contribution >= 4 is 27.7 Å². The molecule has 0 spiro atoms. The van der Waals surface area contributed by atoms with Gasteiger partial charge >= 0.3 is 5.97 Å². The topological polar surface area (TPSA) is 52.1 Å². The van der Waals surface area contributed by atoms with Gasteiger partial charge in [-0.3, -0.25) is 0 Å². The Hall–Kier alpha value is -1.49. The molecule has 0 aliphatic carbocycles. The number of fused-ring (bicyclic) bond motifs is 1. The Morgan fingerprint density at radius 1 is 1.57 bits per heavy atom. The van der Waals surface area contributed by atoms with Gasteiger partial charge in [-0.1, -0.05) is 0 Å². The SMILES string of the molecule is COC(=O)c1nc2sncc2cc1C. The Morgan fingerprint density at radius 2 is 2.36 bits per heavy atom. The van der Waals surface area contributed by atoms with Crippen LogP contribution in [0.15, 0.2) is 12.3 Å². The number of nitrogens with zero attached hydrogens (tertiary/aromatic N) is 2. The first-order valence-corrected chi connectivity index (χ1v) is 4.80. The number of methoxy groups -OCH3 is 1. The van der Waals surface area contributed by atoms with Crippen molar-refractivity contribution in [1.29, 1.82) is 0 Å². The van der Waals surface area contributed by atoms with E-state index < -0.39 is 5.97 Å². The summed E-state index contributed by atoms with van der Waals surface area (Å²) in [6.45, 7) is 1.83. The van der Waals surface area contributed by atoms with Crippen LogP contribution in [0.5, 0.6) is 0 Å². The molecular formula is C9H8N2O2S. The third kappa shape index (κ3) is 1.35. The number of rotatable bonds is 1. The molecule has 0 amide bonds. The van der Waals surface area contributed by atoms with Crippen molar-refractivity contribution in [3.63, 3.8) is 0 Å². The average Bonchev–Trinajstić information content (AvgIpc) is 2.62. The molecule has 72 valence electrons. The van der Waals surface area contributed by atoms with Gasteiger partial charge in [0.1, 0.15) is 4.83 Å². The Kier molecular flexibility index (Phi) is 2.17. The molecule has 0 radical (unpaired) electrons. The van der Waals surface area contributed by atoms with Gasteiger partial charge in [0.15, 0.2) is 5.69 Å². The fourth-order valence-electron chi connectivity index (χ4n) is 1.22. The number of aryl methyl sites for hydroxylation is 1. The number of ether oxygens (including phenoxy) is 1. The molecule has 0 bridgehead atoms. The molecule has 2 rings (SSSR count). The zero-order valence-electron chi connectivity index (χ0n) is 7.77. The minimum absolute atomic E-state index is 0.365. The van der Waals surface area contributed by atoms with Crippen LogP contribution in [0, 0.1) is 6.92 Å². The first kappa shape index (κ1) is 9.08. The van der Waals surface area contributed by atoms with E-state index in [9.17, 15) is 4.79 Å². The monoisotopic (exact) mass is 208 g/mol. The van der Waals surface area contributed by atoms with Crippen LogP contribution < -0.4 is 0 Å². The lowest BCUT2D eigenvalue weighted by Gasteiger charge is -2.01. The highest BCUT2D eigenvalue weighted by molar-refractivity contribution is 7.12. The summed E-state index contributed by atoms with van der Waals surface area (Å²) in [7, 11) is 1.35. The second-order valence-electron chi connectivity index (χ2n) is 2.87. The van der Waals surface area contributed by atoms with E-state index in [1.54, 1.807) is 6.20 Å². The van der Waals surface area contributed by atoms with Crippen molar-refractivity contribution in [3.8, 4) is 0 Å². The highest BCUT2D eigenvalue weighted by atomic mass is 32.1. The van der Waals surface area contributed by atoms with E-state index in [1.807, 2.05) is 13.0 Å². The van der Waals surface area contributed by atoms with Crippen LogP contribution in [-0.4, -0.2) is 22.4 Å². The van der Waals surface area contributed by atoms with Gasteiger partial charge in [0.05, 0.1) is 13.3 Å². The van der Waals surface area contributed by atoms with E-state index in [0.29, 0.717) is 5.69 Å². The third-order valence-corrected chi connectivity index (χ3v) is 2.63. The highest BCUT2D eigenvalue weighted by Crippen LogP contribution is 2.19. The van der Waals surface area contributed by atoms with Crippen molar-refractivity contribution in [2.24, 2.45) is 0 Å². The van der Waals surface area contributed by atoms with Crippen molar-refractivity contribution < 1.29 is 9.53 Å². The van der Waals surface area contributed by atoms with Gasteiger partial charge in [-0.15, -0.1) is 0 Å². The summed E-state index contributed by atoms with van der Waals surface area (Å²) >= 11 is 1.27. The number of aromatic nitrogens is 2. The van der Waals surface area contributed by atoms with Crippen LogP contribution in [0.1, 0.15) is 16.1 Å². The van der Waals surface area contributed by atoms with Crippen LogP contribution in [0.4, 0.5) is 0 Å². The minimum atomic E-state index is -0.405. The van der Waals surface area contributed by atoms with Crippen LogP contribution >= 0.6 is 11.5 Å². The molecule has 2 heterocycles. The van der Waals surface area contributed by atoms with Gasteiger partial charge in [0, 0.05) is 5.39 Å². The highest BCUT2D eigenvalue weighted by Gasteiger charge is 2.12. The predicted octanol–water partition coefficient (Wildman–Crippen LogP) is 1.79. The van der Waals surface area contributed by atoms with Gasteiger partial charge in [0.2, 0.25) is 0 Å². The lowest BCUT2D eigenvalue weighted by molar-refractivity contribution is 0.0593. The van der Waals surface area contributed by atoms with E-state index in [2.05, 4.69) is 14.1 Å².